The SMILES string of the molecule is CO[C@@H]1C=C2[C@H]3CC(C)(C)C(=O)C[C@]3(C(=O)O[C@@H]3O[C@H](CO[C@@H]4O[C@H](COC(C)=O)[C@@H](O[C@@H]5O[C@@H](C)[C@H](O)[C@@H](O)[C@H]5O)[C@H](O)[C@H]4O)[C@@H](O)[C@H](O)[C@H]3O)CC[C@@]2(C)[C@]2(C)CC[C@H]3C(C)(C)C(=O)CC[C@]3(C)[C@@H]12. The molecule has 0 aromatic carbocycles. The van der Waals surface area contributed by atoms with Gasteiger partial charge in [-0.2, -0.15) is 0 Å². The molecule has 7 fully saturated rings. The van der Waals surface area contributed by atoms with Crippen molar-refractivity contribution in [3.63, 3.8) is 0 Å². The quantitative estimate of drug-likeness (QED) is 0.111. The molecule has 0 radical (unpaired) electrons. The molecule has 20 heteroatoms. The van der Waals surface area contributed by atoms with E-state index in [2.05, 4.69) is 40.7 Å². The first-order valence-corrected chi connectivity index (χ1v) is 25.3. The van der Waals surface area contributed by atoms with Crippen molar-refractivity contribution in [2.45, 2.75) is 212 Å². The maximum atomic E-state index is 15.1. The van der Waals surface area contributed by atoms with E-state index in [1.54, 1.807) is 7.11 Å². The average Bonchev–Trinajstić information content (AvgIpc) is 3.30. The Hall–Kier alpha value is -2.54. The summed E-state index contributed by atoms with van der Waals surface area (Å²) in [7, 11) is 1.70. The largest absolute Gasteiger partial charge is 0.463 e. The maximum Gasteiger partial charge on any atom is 0.315 e. The van der Waals surface area contributed by atoms with Gasteiger partial charge < -0.3 is 78.7 Å². The molecule has 3 aliphatic heterocycles. The fourth-order valence-corrected chi connectivity index (χ4v) is 14.9. The maximum absolute atomic E-state index is 15.1. The summed E-state index contributed by atoms with van der Waals surface area (Å²) in [5.74, 6) is -1.71. The average molecular weight is 1010 g/mol. The predicted molar refractivity (Wildman–Crippen MR) is 244 cm³/mol. The molecule has 0 amide bonds. The van der Waals surface area contributed by atoms with Crippen molar-refractivity contribution < 1.29 is 97.9 Å². The summed E-state index contributed by atoms with van der Waals surface area (Å²) in [5.41, 5.74) is -2.68. The molecule has 402 valence electrons. The van der Waals surface area contributed by atoms with Gasteiger partial charge >= 0.3 is 11.9 Å². The predicted octanol–water partition coefficient (Wildman–Crippen LogP) is 0.751. The van der Waals surface area contributed by atoms with Gasteiger partial charge in [0, 0.05) is 43.6 Å². The Morgan fingerprint density at radius 1 is 0.718 bits per heavy atom. The monoisotopic (exact) mass is 1010 g/mol. The molecule has 0 aromatic rings. The van der Waals surface area contributed by atoms with E-state index in [0.29, 0.717) is 19.3 Å². The number of fused-ring (bicyclic) bond motifs is 7. The highest BCUT2D eigenvalue weighted by Gasteiger charge is 2.72. The lowest BCUT2D eigenvalue weighted by Gasteiger charge is -2.71. The Morgan fingerprint density at radius 3 is 2.01 bits per heavy atom. The number of ketones is 2. The van der Waals surface area contributed by atoms with Gasteiger partial charge in [0.1, 0.15) is 85.3 Å². The van der Waals surface area contributed by atoms with Gasteiger partial charge in [0.25, 0.3) is 0 Å². The third kappa shape index (κ3) is 8.78. The molecule has 3 heterocycles. The second-order valence-electron chi connectivity index (χ2n) is 24.1. The van der Waals surface area contributed by atoms with Crippen LogP contribution in [-0.2, 0) is 57.1 Å². The van der Waals surface area contributed by atoms with Gasteiger partial charge in [-0.3, -0.25) is 19.2 Å². The van der Waals surface area contributed by atoms with Gasteiger partial charge in [0.05, 0.1) is 24.2 Å². The molecule has 23 atom stereocenters. The lowest BCUT2D eigenvalue weighted by molar-refractivity contribution is -0.361. The standard InChI is InChI=1S/C51H78O20/c1-22-32(55)34(57)37(60)43(67-22)70-40-28(21-65-23(2)52)69-42(39(62)36(40)59)66-20-27-33(56)35(58)38(61)44(68-27)71-45(63)51-16-15-49(8)24(25(51)18-46(3,4)31(54)19-51)17-26(64-10)41-48(7)13-12-30(53)47(5,6)29(48)11-14-50(41,49)9/h17,22,25-29,32-44,55-62H,11-16,18-21H2,1-10H3/t22-,25+,26+,27+,28+,29-,32-,33+,34+,35-,36+,37+,38+,39+,40+,41+,42+,43-,44-,48-,49+,50+,51+/m0/s1. The number of aliphatic hydroxyl groups excluding tert-OH is 8. The molecule has 8 rings (SSSR count). The van der Waals surface area contributed by atoms with Crippen LogP contribution in [0.25, 0.3) is 0 Å². The first-order valence-electron chi connectivity index (χ1n) is 25.3. The van der Waals surface area contributed by atoms with Gasteiger partial charge in [-0.15, -0.1) is 0 Å². The minimum Gasteiger partial charge on any atom is -0.463 e. The number of aliphatic hydroxyl groups is 8. The van der Waals surface area contributed by atoms with Crippen molar-refractivity contribution >= 4 is 23.5 Å². The molecule has 8 N–H and O–H groups in total. The topological polar surface area (TPSA) is 304 Å². The number of esters is 2. The Morgan fingerprint density at radius 2 is 1.35 bits per heavy atom. The van der Waals surface area contributed by atoms with Gasteiger partial charge in [-0.25, -0.2) is 0 Å². The van der Waals surface area contributed by atoms with Crippen LogP contribution in [0.15, 0.2) is 11.6 Å². The summed E-state index contributed by atoms with van der Waals surface area (Å²) in [6.45, 7) is 16.1. The lowest BCUT2D eigenvalue weighted by atomic mass is 9.33. The van der Waals surface area contributed by atoms with Gasteiger partial charge in [-0.05, 0) is 73.5 Å². The highest BCUT2D eigenvalue weighted by Crippen LogP contribution is 2.75. The van der Waals surface area contributed by atoms with Crippen LogP contribution in [0, 0.1) is 50.2 Å². The number of carbonyl (C=O) groups is 4. The van der Waals surface area contributed by atoms with Crippen LogP contribution in [0.4, 0.5) is 0 Å². The minimum absolute atomic E-state index is 0.0493. The Kier molecular flexibility index (Phi) is 14.8. The third-order valence-corrected chi connectivity index (χ3v) is 19.4. The van der Waals surface area contributed by atoms with E-state index in [-0.39, 0.29) is 53.2 Å². The van der Waals surface area contributed by atoms with Crippen LogP contribution in [0.5, 0.6) is 0 Å². The van der Waals surface area contributed by atoms with Crippen molar-refractivity contribution in [1.82, 2.24) is 0 Å². The number of rotatable bonds is 10. The molecule has 0 unspecified atom stereocenters. The van der Waals surface area contributed by atoms with Crippen molar-refractivity contribution in [1.29, 1.82) is 0 Å². The summed E-state index contributed by atoms with van der Waals surface area (Å²) in [6.07, 6.45) is -19.6. The highest BCUT2D eigenvalue weighted by atomic mass is 16.8. The van der Waals surface area contributed by atoms with Gasteiger partial charge in [0.15, 0.2) is 12.6 Å². The van der Waals surface area contributed by atoms with E-state index in [0.717, 1.165) is 31.8 Å². The Labute approximate surface area is 414 Å². The van der Waals surface area contributed by atoms with E-state index in [9.17, 15) is 55.2 Å². The van der Waals surface area contributed by atoms with Crippen LogP contribution in [-0.4, -0.2) is 183 Å². The third-order valence-electron chi connectivity index (χ3n) is 19.4. The fourth-order valence-electron chi connectivity index (χ4n) is 14.9. The normalized spacial score (nSPS) is 50.3. The summed E-state index contributed by atoms with van der Waals surface area (Å²) >= 11 is 0. The van der Waals surface area contributed by atoms with Crippen LogP contribution < -0.4 is 0 Å². The molecule has 8 aliphatic rings. The molecule has 0 spiro atoms. The number of hydrogen-bond donors (Lipinski definition) is 8. The number of allylic oxidation sites excluding steroid dienone is 1. The Bertz CT molecular complexity index is 2080. The molecule has 4 saturated carbocycles. The molecule has 5 aliphatic carbocycles. The van der Waals surface area contributed by atoms with E-state index in [4.69, 9.17) is 37.9 Å². The zero-order valence-electron chi connectivity index (χ0n) is 42.6. The fraction of sp³-hybridized carbons (Fsp3) is 0.882. The van der Waals surface area contributed by atoms with Crippen LogP contribution >= 0.6 is 0 Å². The Balaban J connectivity index is 1.02. The zero-order valence-corrected chi connectivity index (χ0v) is 42.6. The zero-order chi connectivity index (χ0) is 52.3. The van der Waals surface area contributed by atoms with Crippen molar-refractivity contribution in [2.75, 3.05) is 20.3 Å². The lowest BCUT2D eigenvalue weighted by Crippen LogP contribution is -2.68. The van der Waals surface area contributed by atoms with Crippen LogP contribution in [0.2, 0.25) is 0 Å². The first kappa shape index (κ1) is 54.7. The molecule has 0 aromatic heterocycles. The number of hydrogen-bond acceptors (Lipinski definition) is 20. The van der Waals surface area contributed by atoms with E-state index < -0.39 is 145 Å². The van der Waals surface area contributed by atoms with Crippen LogP contribution in [0.1, 0.15) is 114 Å². The van der Waals surface area contributed by atoms with Crippen molar-refractivity contribution in [3.8, 4) is 0 Å². The molecule has 20 nitrogen and oxygen atoms in total. The molecule has 71 heavy (non-hydrogen) atoms. The molecular weight excluding hydrogens is 933 g/mol. The number of carbonyl (C=O) groups excluding carboxylic acids is 4. The van der Waals surface area contributed by atoms with Crippen molar-refractivity contribution in [2.24, 2.45) is 50.2 Å². The second-order valence-corrected chi connectivity index (χ2v) is 24.1. The number of Topliss-reactive ketones (excluding diaryl/α,β-unsaturated/α-hetero) is 2. The highest BCUT2D eigenvalue weighted by molar-refractivity contribution is 5.93. The van der Waals surface area contributed by atoms with E-state index >= 15 is 4.79 Å². The summed E-state index contributed by atoms with van der Waals surface area (Å²) in [4.78, 5) is 54.5. The van der Waals surface area contributed by atoms with E-state index in [1.807, 2.05) is 13.8 Å². The summed E-state index contributed by atoms with van der Waals surface area (Å²) < 4.78 is 46.6. The number of methoxy groups -OCH3 is 1. The van der Waals surface area contributed by atoms with Gasteiger partial charge in [0.2, 0.25) is 6.29 Å². The molecule has 3 saturated heterocycles. The van der Waals surface area contributed by atoms with Crippen molar-refractivity contribution in [3.05, 3.63) is 11.6 Å². The first-order chi connectivity index (χ1) is 33.0. The summed E-state index contributed by atoms with van der Waals surface area (Å²) in [6, 6.07) is 0. The molecular formula is C51H78O20. The number of ether oxygens (including phenoxy) is 8. The second kappa shape index (κ2) is 19.2. The minimum atomic E-state index is -1.96. The molecule has 0 bridgehead atoms. The summed E-state index contributed by atoms with van der Waals surface area (Å²) in [5, 5.41) is 87.2. The van der Waals surface area contributed by atoms with Crippen LogP contribution in [0.3, 0.4) is 0 Å². The van der Waals surface area contributed by atoms with E-state index in [1.165, 1.54) is 6.92 Å². The smallest absolute Gasteiger partial charge is 0.315 e. The van der Waals surface area contributed by atoms with Gasteiger partial charge in [-0.1, -0.05) is 60.1 Å².